The lowest BCUT2D eigenvalue weighted by Gasteiger charge is -2.36. The van der Waals surface area contributed by atoms with Crippen LogP contribution in [-0.2, 0) is 9.53 Å². The highest BCUT2D eigenvalue weighted by Gasteiger charge is 2.39. The van der Waals surface area contributed by atoms with E-state index in [1.807, 2.05) is 0 Å². The molecule has 4 heteroatoms. The number of likely N-dealkylation sites (tertiary alicyclic amines) is 1. The fourth-order valence-electron chi connectivity index (χ4n) is 2.84. The second kappa shape index (κ2) is 5.83. The van der Waals surface area contributed by atoms with E-state index in [4.69, 9.17) is 4.74 Å². The predicted octanol–water partition coefficient (Wildman–Crippen LogP) is 1.50. The van der Waals surface area contributed by atoms with Crippen LogP contribution in [0.3, 0.4) is 0 Å². The molecule has 0 amide bonds. The van der Waals surface area contributed by atoms with Crippen LogP contribution in [-0.4, -0.2) is 43.5 Å². The van der Waals surface area contributed by atoms with Crippen molar-refractivity contribution in [2.24, 2.45) is 5.92 Å². The van der Waals surface area contributed by atoms with Gasteiger partial charge in [-0.2, -0.15) is 0 Å². The number of nitrogens with zero attached hydrogens (tertiary/aromatic N) is 1. The smallest absolute Gasteiger partial charge is 0.138 e. The van der Waals surface area contributed by atoms with E-state index in [2.05, 4.69) is 4.90 Å². The Labute approximate surface area is 97.6 Å². The summed E-state index contributed by atoms with van der Waals surface area (Å²) in [7, 11) is 1.74. The molecule has 0 bridgehead atoms. The molecular formula is C11H20ClNO2. The Morgan fingerprint density at radius 2 is 2.27 bits per heavy atom. The normalized spacial score (nSPS) is 31.1. The van der Waals surface area contributed by atoms with E-state index in [1.165, 1.54) is 12.8 Å². The molecule has 88 valence electrons. The van der Waals surface area contributed by atoms with Gasteiger partial charge < -0.3 is 4.74 Å². The summed E-state index contributed by atoms with van der Waals surface area (Å²) in [4.78, 5) is 14.1. The SMILES string of the molecule is COCCN1CCC(=O)C2CCCC21.Cl. The Morgan fingerprint density at radius 1 is 1.47 bits per heavy atom. The third kappa shape index (κ3) is 2.71. The molecule has 0 radical (unpaired) electrons. The molecule has 3 nitrogen and oxygen atoms in total. The molecule has 15 heavy (non-hydrogen) atoms. The van der Waals surface area contributed by atoms with Crippen LogP contribution in [0.4, 0.5) is 0 Å². The first-order valence-electron chi connectivity index (χ1n) is 5.58. The number of ether oxygens (including phenoxy) is 1. The molecule has 1 saturated heterocycles. The number of hydrogen-bond donors (Lipinski definition) is 0. The highest BCUT2D eigenvalue weighted by Crippen LogP contribution is 2.34. The summed E-state index contributed by atoms with van der Waals surface area (Å²) in [6.45, 7) is 2.73. The molecule has 2 unspecified atom stereocenters. The molecule has 1 aliphatic heterocycles. The summed E-state index contributed by atoms with van der Waals surface area (Å²) in [5.41, 5.74) is 0. The first-order chi connectivity index (χ1) is 6.83. The summed E-state index contributed by atoms with van der Waals surface area (Å²) >= 11 is 0. The second-order valence-corrected chi connectivity index (χ2v) is 4.35. The van der Waals surface area contributed by atoms with Crippen molar-refractivity contribution in [1.82, 2.24) is 4.90 Å². The lowest BCUT2D eigenvalue weighted by Crippen LogP contribution is -2.47. The third-order valence-electron chi connectivity index (χ3n) is 3.59. The molecule has 2 atom stereocenters. The zero-order valence-corrected chi connectivity index (χ0v) is 10.1. The molecule has 0 aromatic carbocycles. The van der Waals surface area contributed by atoms with Gasteiger partial charge in [0.15, 0.2) is 0 Å². The van der Waals surface area contributed by atoms with E-state index < -0.39 is 0 Å². The van der Waals surface area contributed by atoms with Crippen molar-refractivity contribution in [3.05, 3.63) is 0 Å². The average Bonchev–Trinajstić information content (AvgIpc) is 2.66. The molecule has 2 fully saturated rings. The highest BCUT2D eigenvalue weighted by atomic mass is 35.5. The third-order valence-corrected chi connectivity index (χ3v) is 3.59. The van der Waals surface area contributed by atoms with Gasteiger partial charge in [-0.15, -0.1) is 12.4 Å². The van der Waals surface area contributed by atoms with Crippen molar-refractivity contribution in [3.8, 4) is 0 Å². The standard InChI is InChI=1S/C11H19NO2.ClH/c1-14-8-7-12-6-5-11(13)9-3-2-4-10(9)12;/h9-10H,2-8H2,1H3;1H. The maximum absolute atomic E-state index is 11.6. The number of ketones is 1. The van der Waals surface area contributed by atoms with Crippen molar-refractivity contribution >= 4 is 18.2 Å². The van der Waals surface area contributed by atoms with Crippen LogP contribution in [0.15, 0.2) is 0 Å². The van der Waals surface area contributed by atoms with Gasteiger partial charge in [-0.05, 0) is 12.8 Å². The van der Waals surface area contributed by atoms with E-state index in [-0.39, 0.29) is 12.4 Å². The van der Waals surface area contributed by atoms with E-state index in [0.717, 1.165) is 32.5 Å². The summed E-state index contributed by atoms with van der Waals surface area (Å²) in [5.74, 6) is 0.849. The lowest BCUT2D eigenvalue weighted by molar-refractivity contribution is -0.128. The van der Waals surface area contributed by atoms with Crippen LogP contribution >= 0.6 is 12.4 Å². The number of rotatable bonds is 3. The van der Waals surface area contributed by atoms with Gasteiger partial charge in [0.1, 0.15) is 5.78 Å². The Morgan fingerprint density at radius 3 is 3.00 bits per heavy atom. The van der Waals surface area contributed by atoms with Crippen LogP contribution in [0.5, 0.6) is 0 Å². The Bertz CT molecular complexity index is 223. The number of carbonyl (C=O) groups excluding carboxylic acids is 1. The number of carbonyl (C=O) groups is 1. The summed E-state index contributed by atoms with van der Waals surface area (Å²) in [5, 5.41) is 0. The van der Waals surface area contributed by atoms with Crippen molar-refractivity contribution < 1.29 is 9.53 Å². The molecule has 1 saturated carbocycles. The predicted molar refractivity (Wildman–Crippen MR) is 61.5 cm³/mol. The fourth-order valence-corrected chi connectivity index (χ4v) is 2.84. The number of methoxy groups -OCH3 is 1. The first kappa shape index (κ1) is 12.9. The number of hydrogen-bond acceptors (Lipinski definition) is 3. The van der Waals surface area contributed by atoms with E-state index in [1.54, 1.807) is 7.11 Å². The zero-order valence-electron chi connectivity index (χ0n) is 9.28. The van der Waals surface area contributed by atoms with Gasteiger partial charge in [-0.3, -0.25) is 9.69 Å². The number of Topliss-reactive ketones (excluding diaryl/α,β-unsaturated/α-hetero) is 1. The first-order valence-corrected chi connectivity index (χ1v) is 5.58. The molecule has 2 aliphatic rings. The maximum Gasteiger partial charge on any atom is 0.138 e. The maximum atomic E-state index is 11.6. The van der Waals surface area contributed by atoms with Crippen molar-refractivity contribution in [2.45, 2.75) is 31.7 Å². The minimum absolute atomic E-state index is 0. The quantitative estimate of drug-likeness (QED) is 0.740. The van der Waals surface area contributed by atoms with Crippen LogP contribution in [0.2, 0.25) is 0 Å². The van der Waals surface area contributed by atoms with Gasteiger partial charge in [-0.1, -0.05) is 6.42 Å². The van der Waals surface area contributed by atoms with Gasteiger partial charge in [0, 0.05) is 38.6 Å². The zero-order chi connectivity index (χ0) is 9.97. The summed E-state index contributed by atoms with van der Waals surface area (Å²) in [6.07, 6.45) is 4.31. The Kier molecular flexibility index (Phi) is 5.03. The van der Waals surface area contributed by atoms with Crippen molar-refractivity contribution in [1.29, 1.82) is 0 Å². The lowest BCUT2D eigenvalue weighted by atomic mass is 9.91. The highest BCUT2D eigenvalue weighted by molar-refractivity contribution is 5.85. The van der Waals surface area contributed by atoms with Crippen molar-refractivity contribution in [3.63, 3.8) is 0 Å². The van der Waals surface area contributed by atoms with Crippen LogP contribution in [0, 0.1) is 5.92 Å². The minimum atomic E-state index is 0. The monoisotopic (exact) mass is 233 g/mol. The summed E-state index contributed by atoms with van der Waals surface area (Å²) < 4.78 is 5.09. The molecule has 0 spiro atoms. The Hall–Kier alpha value is -0.120. The fraction of sp³-hybridized carbons (Fsp3) is 0.909. The molecule has 0 aromatic rings. The van der Waals surface area contributed by atoms with Gasteiger partial charge >= 0.3 is 0 Å². The topological polar surface area (TPSA) is 29.5 Å². The average molecular weight is 234 g/mol. The van der Waals surface area contributed by atoms with E-state index >= 15 is 0 Å². The molecule has 1 aliphatic carbocycles. The molecule has 0 N–H and O–H groups in total. The van der Waals surface area contributed by atoms with Gasteiger partial charge in [0.2, 0.25) is 0 Å². The Balaban J connectivity index is 0.00000112. The summed E-state index contributed by atoms with van der Waals surface area (Å²) in [6, 6.07) is 0.534. The molecular weight excluding hydrogens is 214 g/mol. The molecule has 0 aromatic heterocycles. The van der Waals surface area contributed by atoms with E-state index in [9.17, 15) is 4.79 Å². The molecule has 1 heterocycles. The van der Waals surface area contributed by atoms with E-state index in [0.29, 0.717) is 17.7 Å². The largest absolute Gasteiger partial charge is 0.383 e. The van der Waals surface area contributed by atoms with Gasteiger partial charge in [0.05, 0.1) is 6.61 Å². The van der Waals surface area contributed by atoms with Crippen molar-refractivity contribution in [2.75, 3.05) is 26.8 Å². The van der Waals surface area contributed by atoms with Gasteiger partial charge in [0.25, 0.3) is 0 Å². The van der Waals surface area contributed by atoms with Crippen LogP contribution in [0.1, 0.15) is 25.7 Å². The number of fused-ring (bicyclic) bond motifs is 1. The molecule has 2 rings (SSSR count). The minimum Gasteiger partial charge on any atom is -0.383 e. The second-order valence-electron chi connectivity index (χ2n) is 4.35. The number of halogens is 1. The van der Waals surface area contributed by atoms with Gasteiger partial charge in [-0.25, -0.2) is 0 Å². The van der Waals surface area contributed by atoms with Crippen LogP contribution in [0.25, 0.3) is 0 Å². The number of piperidine rings is 1. The van der Waals surface area contributed by atoms with Crippen LogP contribution < -0.4 is 0 Å².